The maximum atomic E-state index is 6.82. The standard InChI is InChI=1S/C118H222N6O14/c1-99(2)33-31-35-101(5)109-41-43-111-107-39-37-103-97-105(45-49-115(103,7)113(107)47-51-117(109,111)9)137-83-69-123-65-79-133-93-89-129-75-61-121(62-76-130-90-94-134-80-66-123)55-29-25-21-17-13-11-15-19-23-27-53-119-57-71-125-85-87-127-73-59-120(60-74-128-88-86-126-72-58-119)54-28-24-20-16-12-14-18-22-26-30-56-122-63-77-131-91-95-135-81-67-124(68-82-136-96-92-132-78-64-122)70-84-138-106-46-50-116(8)104(98-106)38-40-108-112-44-42-110(102(6)36-32-34-100(3)4)118(112,10)52-48-114(108)116/h99-114H,11-98H2,1-10H3/t101-,102-,103+,104+,105?,106?,107+,108+,109-,110-,111+,112+,113+,114+,115+,116+,117-,118-/m1/s1. The molecule has 8 saturated carbocycles. The van der Waals surface area contributed by atoms with Gasteiger partial charge in [0.1, 0.15) is 0 Å². The van der Waals surface area contributed by atoms with Crippen LogP contribution < -0.4 is 0 Å². The summed E-state index contributed by atoms with van der Waals surface area (Å²) in [6.45, 7) is 61.1. The molecule has 18 atom stereocenters. The summed E-state index contributed by atoms with van der Waals surface area (Å²) in [6, 6.07) is 0. The van der Waals surface area contributed by atoms with E-state index in [1.54, 1.807) is 0 Å². The summed E-state index contributed by atoms with van der Waals surface area (Å²) in [4.78, 5) is 15.1. The third-order valence-electron chi connectivity index (χ3n) is 38.4. The van der Waals surface area contributed by atoms with Crippen LogP contribution in [-0.2, 0) is 66.3 Å². The van der Waals surface area contributed by atoms with E-state index in [4.69, 9.17) is 66.3 Å². The van der Waals surface area contributed by atoms with E-state index in [2.05, 4.69) is 98.6 Å². The molecule has 0 aromatic heterocycles. The lowest BCUT2D eigenvalue weighted by atomic mass is 9.44. The van der Waals surface area contributed by atoms with Gasteiger partial charge in [0.25, 0.3) is 0 Å². The third kappa shape index (κ3) is 41.2. The van der Waals surface area contributed by atoms with E-state index < -0.39 is 0 Å². The number of unbranched alkanes of at least 4 members (excludes halogenated alkanes) is 18. The molecule has 0 aromatic carbocycles. The number of nitrogens with zero attached hydrogens (tertiary/aromatic N) is 6. The molecule has 0 aromatic rings. The molecule has 808 valence electrons. The SMILES string of the molecule is CC(C)CCC[C@@H](C)[C@H]1CC[C@H]2[C@@H]3CC[C@H]4CC(OCCN5CCOCCOCCN(CCCCCCCCCCCCN6CCOCCOCCN(CCCCCCCCCCCCN7CCOCCOCCN(CCOC8CC[C@@]9(C)[C@@H](CC[C@@H]%10[C@@H]9CC[C@]9(C)[C@@H]([C@H](C)CCCC(C)C)CC[C@@H]%109)C8)CCOCCOCC7)CCOCCOCC6)CCOCCOCC5)CC[C@]4(C)[C@H]3CC[C@]12C. The highest BCUT2D eigenvalue weighted by molar-refractivity contribution is 5.12. The van der Waals surface area contributed by atoms with Crippen LogP contribution in [0.3, 0.4) is 0 Å². The van der Waals surface area contributed by atoms with E-state index in [0.29, 0.717) is 140 Å². The lowest BCUT2D eigenvalue weighted by Crippen LogP contribution is -2.54. The predicted molar refractivity (Wildman–Crippen MR) is 566 cm³/mol. The van der Waals surface area contributed by atoms with Gasteiger partial charge in [0.05, 0.1) is 184 Å². The zero-order chi connectivity index (χ0) is 96.8. The Morgan fingerprint density at radius 1 is 0.225 bits per heavy atom. The van der Waals surface area contributed by atoms with Crippen LogP contribution >= 0.6 is 0 Å². The van der Waals surface area contributed by atoms with Crippen LogP contribution in [0.25, 0.3) is 0 Å². The van der Waals surface area contributed by atoms with Crippen LogP contribution in [0.1, 0.15) is 352 Å². The summed E-state index contributed by atoms with van der Waals surface area (Å²) in [5, 5.41) is 0. The molecular weight excluding hydrogens is 1730 g/mol. The minimum atomic E-state index is 0.402. The van der Waals surface area contributed by atoms with Gasteiger partial charge in [-0.2, -0.15) is 0 Å². The van der Waals surface area contributed by atoms with Gasteiger partial charge in [-0.3, -0.25) is 29.4 Å². The normalized spacial score (nSPS) is 33.3. The Kier molecular flexibility index (Phi) is 58.0. The second kappa shape index (κ2) is 68.1. The molecule has 0 spiro atoms. The quantitative estimate of drug-likeness (QED) is 0.0532. The zero-order valence-electron chi connectivity index (χ0n) is 91.9. The largest absolute Gasteiger partial charge is 0.378 e. The summed E-state index contributed by atoms with van der Waals surface area (Å²) in [5.74, 6) is 12.6. The number of ether oxygens (including phenoxy) is 14. The van der Waals surface area contributed by atoms with E-state index in [9.17, 15) is 0 Å². The Bertz CT molecular complexity index is 2760. The van der Waals surface area contributed by atoms with Crippen molar-refractivity contribution in [3.05, 3.63) is 0 Å². The van der Waals surface area contributed by atoms with Crippen LogP contribution in [-0.4, -0.2) is 331 Å². The summed E-state index contributed by atoms with van der Waals surface area (Å²) < 4.78 is 87.5. The van der Waals surface area contributed by atoms with Crippen molar-refractivity contribution in [3.8, 4) is 0 Å². The second-order valence-electron chi connectivity index (χ2n) is 48.4. The van der Waals surface area contributed by atoms with E-state index in [1.165, 1.54) is 283 Å². The highest BCUT2D eigenvalue weighted by atomic mass is 16.6. The van der Waals surface area contributed by atoms with Gasteiger partial charge >= 0.3 is 0 Å². The Morgan fingerprint density at radius 3 is 0.696 bits per heavy atom. The molecule has 11 fully saturated rings. The molecule has 3 aliphatic heterocycles. The summed E-state index contributed by atoms with van der Waals surface area (Å²) in [6.07, 6.45) is 60.8. The third-order valence-corrected chi connectivity index (χ3v) is 38.4. The van der Waals surface area contributed by atoms with Gasteiger partial charge in [-0.25, -0.2) is 0 Å². The van der Waals surface area contributed by atoms with E-state index in [0.717, 1.165) is 267 Å². The van der Waals surface area contributed by atoms with Gasteiger partial charge < -0.3 is 66.3 Å². The maximum absolute atomic E-state index is 6.82. The molecule has 11 aliphatic rings. The molecule has 0 bridgehead atoms. The average Bonchev–Trinajstić information content (AvgIpc) is 1.51. The highest BCUT2D eigenvalue weighted by Crippen LogP contribution is 2.71. The fourth-order valence-electron chi connectivity index (χ4n) is 29.9. The first-order chi connectivity index (χ1) is 67.5. The van der Waals surface area contributed by atoms with Crippen LogP contribution in [0.15, 0.2) is 0 Å². The first-order valence-electron chi connectivity index (χ1n) is 60.0. The lowest BCUT2D eigenvalue weighted by Gasteiger charge is -2.61. The molecule has 2 unspecified atom stereocenters. The molecule has 20 nitrogen and oxygen atoms in total. The molecule has 0 radical (unpaired) electrons. The zero-order valence-corrected chi connectivity index (χ0v) is 91.9. The Morgan fingerprint density at radius 2 is 0.449 bits per heavy atom. The van der Waals surface area contributed by atoms with Crippen molar-refractivity contribution in [2.75, 3.05) is 290 Å². The van der Waals surface area contributed by atoms with Crippen molar-refractivity contribution < 1.29 is 66.3 Å². The Labute approximate surface area is 849 Å². The topological polar surface area (TPSA) is 149 Å². The summed E-state index contributed by atoms with van der Waals surface area (Å²) in [7, 11) is 0. The maximum Gasteiger partial charge on any atom is 0.0701 e. The first kappa shape index (κ1) is 117. The minimum Gasteiger partial charge on any atom is -0.378 e. The second-order valence-corrected chi connectivity index (χ2v) is 48.4. The monoisotopic (exact) mass is 1950 g/mol. The van der Waals surface area contributed by atoms with Crippen LogP contribution in [0.4, 0.5) is 0 Å². The first-order valence-corrected chi connectivity index (χ1v) is 60.0. The molecule has 0 amide bonds. The van der Waals surface area contributed by atoms with Crippen molar-refractivity contribution in [1.29, 1.82) is 0 Å². The van der Waals surface area contributed by atoms with Gasteiger partial charge in [0, 0.05) is 91.6 Å². The summed E-state index contributed by atoms with van der Waals surface area (Å²) in [5.41, 5.74) is 2.15. The van der Waals surface area contributed by atoms with E-state index in [-0.39, 0.29) is 0 Å². The van der Waals surface area contributed by atoms with Gasteiger partial charge in [0.2, 0.25) is 0 Å². The fourth-order valence-corrected chi connectivity index (χ4v) is 29.9. The van der Waals surface area contributed by atoms with E-state index in [1.807, 2.05) is 0 Å². The summed E-state index contributed by atoms with van der Waals surface area (Å²) >= 11 is 0. The number of fused-ring (bicyclic) bond motifs is 10. The number of hydrogen-bond donors (Lipinski definition) is 0. The smallest absolute Gasteiger partial charge is 0.0701 e. The van der Waals surface area contributed by atoms with Gasteiger partial charge in [-0.1, -0.05) is 210 Å². The van der Waals surface area contributed by atoms with Gasteiger partial charge in [0.15, 0.2) is 0 Å². The molecule has 11 rings (SSSR count). The molecule has 20 heteroatoms. The average molecular weight is 1950 g/mol. The van der Waals surface area contributed by atoms with Crippen molar-refractivity contribution >= 4 is 0 Å². The van der Waals surface area contributed by atoms with Crippen molar-refractivity contribution in [1.82, 2.24) is 29.4 Å². The molecule has 0 N–H and O–H groups in total. The predicted octanol–water partition coefficient (Wildman–Crippen LogP) is 22.9. The molecule has 3 heterocycles. The van der Waals surface area contributed by atoms with Crippen molar-refractivity contribution in [2.45, 2.75) is 364 Å². The van der Waals surface area contributed by atoms with Crippen LogP contribution in [0.2, 0.25) is 0 Å². The van der Waals surface area contributed by atoms with Gasteiger partial charge in [-0.05, 0) is 272 Å². The van der Waals surface area contributed by atoms with Crippen molar-refractivity contribution in [2.24, 2.45) is 105 Å². The molecule has 3 saturated heterocycles. The lowest BCUT2D eigenvalue weighted by molar-refractivity contribution is -0.137. The van der Waals surface area contributed by atoms with E-state index >= 15 is 0 Å². The fraction of sp³-hybridized carbons (Fsp3) is 1.00. The molecular formula is C118H222N6O14. The van der Waals surface area contributed by atoms with Crippen LogP contribution in [0, 0.1) is 105 Å². The number of rotatable bonds is 44. The van der Waals surface area contributed by atoms with Crippen LogP contribution in [0.5, 0.6) is 0 Å². The molecule has 8 aliphatic carbocycles. The minimum absolute atomic E-state index is 0.402. The Hall–Kier alpha value is -0.800. The number of hydrogen-bond acceptors (Lipinski definition) is 20. The van der Waals surface area contributed by atoms with Crippen molar-refractivity contribution in [3.63, 3.8) is 0 Å². The Balaban J connectivity index is 0.437. The highest BCUT2D eigenvalue weighted by Gasteiger charge is 2.63. The van der Waals surface area contributed by atoms with Gasteiger partial charge in [-0.15, -0.1) is 0 Å². The molecule has 138 heavy (non-hydrogen) atoms.